The Labute approximate surface area is 178 Å². The molecule has 160 valence electrons. The number of imidazole rings is 1. The molecule has 1 amide bonds. The van der Waals surface area contributed by atoms with Gasteiger partial charge in [-0.15, -0.1) is 0 Å². The molecule has 9 heteroatoms. The summed E-state index contributed by atoms with van der Waals surface area (Å²) >= 11 is 6.39. The molecule has 0 saturated heterocycles. The molecule has 1 aliphatic carbocycles. The first-order valence-corrected chi connectivity index (χ1v) is 10.6. The number of aliphatic hydroxyl groups is 1. The molecular weight excluding hydrogens is 408 g/mol. The summed E-state index contributed by atoms with van der Waals surface area (Å²) < 4.78 is 7.45. The van der Waals surface area contributed by atoms with E-state index in [1.54, 1.807) is 21.6 Å². The second-order valence-corrected chi connectivity index (χ2v) is 8.13. The van der Waals surface area contributed by atoms with Crippen molar-refractivity contribution in [1.82, 2.24) is 14.5 Å². The lowest BCUT2D eigenvalue weighted by Crippen LogP contribution is -2.45. The second-order valence-electron chi connectivity index (χ2n) is 7.73. The normalized spacial score (nSPS) is 15.8. The van der Waals surface area contributed by atoms with E-state index in [1.807, 2.05) is 0 Å². The van der Waals surface area contributed by atoms with Crippen LogP contribution in [0.2, 0.25) is 5.02 Å². The minimum Gasteiger partial charge on any atom is -0.484 e. The van der Waals surface area contributed by atoms with E-state index in [1.165, 1.54) is 6.42 Å². The second kappa shape index (κ2) is 8.65. The lowest BCUT2D eigenvalue weighted by Gasteiger charge is -2.34. The van der Waals surface area contributed by atoms with Crippen LogP contribution in [0.4, 0.5) is 5.69 Å². The Balaban J connectivity index is 1.50. The van der Waals surface area contributed by atoms with Gasteiger partial charge in [-0.2, -0.15) is 0 Å². The van der Waals surface area contributed by atoms with Crippen LogP contribution < -0.4 is 21.3 Å². The zero-order chi connectivity index (χ0) is 21.3. The number of hydrogen-bond acceptors (Lipinski definition) is 5. The lowest BCUT2D eigenvalue weighted by atomic mass is 9.94. The average molecular weight is 433 g/mol. The van der Waals surface area contributed by atoms with Gasteiger partial charge in [-0.05, 0) is 18.9 Å². The number of carbonyl (C=O) groups is 1. The first kappa shape index (κ1) is 20.7. The maximum atomic E-state index is 12.8. The third-order valence-electron chi connectivity index (χ3n) is 5.77. The van der Waals surface area contributed by atoms with E-state index in [4.69, 9.17) is 16.3 Å². The predicted octanol–water partition coefficient (Wildman–Crippen LogP) is 1.09. The Kier molecular flexibility index (Phi) is 5.97. The monoisotopic (exact) mass is 432 g/mol. The Bertz CT molecular complexity index is 1120. The fraction of sp³-hybridized carbons (Fsp3) is 0.476. The van der Waals surface area contributed by atoms with Crippen LogP contribution in [0.3, 0.4) is 0 Å². The number of fused-ring (bicyclic) bond motifs is 2. The highest BCUT2D eigenvalue weighted by Gasteiger charge is 2.25. The highest BCUT2D eigenvalue weighted by atomic mass is 35.5. The SMILES string of the molecule is C=c1c(=O)[nH]c2n1Cc1cc(OCC(=O)N(CCO)C3CCCCC3)cc(Cl)c1N=2. The van der Waals surface area contributed by atoms with Gasteiger partial charge in [-0.25, -0.2) is 4.99 Å². The summed E-state index contributed by atoms with van der Waals surface area (Å²) in [4.78, 5) is 33.4. The Hall–Kier alpha value is -2.58. The number of halogens is 1. The van der Waals surface area contributed by atoms with Crippen LogP contribution in [0.25, 0.3) is 6.58 Å². The van der Waals surface area contributed by atoms with Crippen LogP contribution in [-0.2, 0) is 11.3 Å². The van der Waals surface area contributed by atoms with Crippen molar-refractivity contribution in [3.63, 3.8) is 0 Å². The molecule has 0 unspecified atom stereocenters. The van der Waals surface area contributed by atoms with Gasteiger partial charge in [0.2, 0.25) is 5.62 Å². The zero-order valence-electron chi connectivity index (χ0n) is 16.7. The van der Waals surface area contributed by atoms with Crippen LogP contribution in [0.1, 0.15) is 37.7 Å². The number of carbonyl (C=O) groups excluding carboxylic acids is 1. The Morgan fingerprint density at radius 2 is 2.13 bits per heavy atom. The minimum atomic E-state index is -0.286. The first-order chi connectivity index (χ1) is 14.5. The zero-order valence-corrected chi connectivity index (χ0v) is 17.5. The summed E-state index contributed by atoms with van der Waals surface area (Å²) in [6.07, 6.45) is 5.31. The maximum absolute atomic E-state index is 12.8. The van der Waals surface area contributed by atoms with E-state index in [2.05, 4.69) is 16.6 Å². The van der Waals surface area contributed by atoms with Crippen molar-refractivity contribution in [2.45, 2.75) is 44.7 Å². The number of hydrogen-bond donors (Lipinski definition) is 2. The summed E-state index contributed by atoms with van der Waals surface area (Å²) in [6, 6.07) is 3.56. The highest BCUT2D eigenvalue weighted by molar-refractivity contribution is 6.33. The van der Waals surface area contributed by atoms with Gasteiger partial charge in [0, 0.05) is 24.2 Å². The molecule has 2 N–H and O–H groups in total. The maximum Gasteiger partial charge on any atom is 0.274 e. The third-order valence-corrected chi connectivity index (χ3v) is 6.06. The summed E-state index contributed by atoms with van der Waals surface area (Å²) in [5, 5.41) is 10.1. The van der Waals surface area contributed by atoms with Crippen LogP contribution in [-0.4, -0.2) is 51.3 Å². The molecule has 8 nitrogen and oxygen atoms in total. The van der Waals surface area contributed by atoms with Gasteiger partial charge in [-0.3, -0.25) is 14.6 Å². The number of aromatic nitrogens is 2. The van der Waals surface area contributed by atoms with E-state index < -0.39 is 0 Å². The highest BCUT2D eigenvalue weighted by Crippen LogP contribution is 2.35. The van der Waals surface area contributed by atoms with Crippen LogP contribution in [0.5, 0.6) is 5.75 Å². The summed E-state index contributed by atoms with van der Waals surface area (Å²) in [5.74, 6) is 0.315. The smallest absolute Gasteiger partial charge is 0.274 e. The molecule has 0 spiro atoms. The molecule has 30 heavy (non-hydrogen) atoms. The number of aromatic amines is 1. The fourth-order valence-electron chi connectivity index (χ4n) is 4.22. The van der Waals surface area contributed by atoms with Gasteiger partial charge in [0.1, 0.15) is 11.1 Å². The van der Waals surface area contributed by atoms with Crippen molar-refractivity contribution in [1.29, 1.82) is 0 Å². The molecule has 1 saturated carbocycles. The summed E-state index contributed by atoms with van der Waals surface area (Å²) in [6.45, 7) is 4.28. The van der Waals surface area contributed by atoms with Crippen molar-refractivity contribution in [2.24, 2.45) is 4.99 Å². The van der Waals surface area contributed by atoms with Gasteiger partial charge in [0.15, 0.2) is 6.61 Å². The molecule has 4 rings (SSSR count). The third kappa shape index (κ3) is 4.02. The van der Waals surface area contributed by atoms with Crippen molar-refractivity contribution < 1.29 is 14.6 Å². The molecular formula is C21H25ClN4O4. The largest absolute Gasteiger partial charge is 0.484 e. The molecule has 1 aliphatic heterocycles. The number of nitrogens with one attached hydrogen (secondary N) is 1. The lowest BCUT2D eigenvalue weighted by molar-refractivity contribution is -0.137. The van der Waals surface area contributed by atoms with Gasteiger partial charge >= 0.3 is 0 Å². The van der Waals surface area contributed by atoms with E-state index >= 15 is 0 Å². The number of amides is 1. The van der Waals surface area contributed by atoms with Crippen LogP contribution >= 0.6 is 11.6 Å². The van der Waals surface area contributed by atoms with Gasteiger partial charge < -0.3 is 19.3 Å². The van der Waals surface area contributed by atoms with E-state index in [0.29, 0.717) is 40.5 Å². The molecule has 2 aromatic rings. The molecule has 0 radical (unpaired) electrons. The van der Waals surface area contributed by atoms with Crippen molar-refractivity contribution in [3.05, 3.63) is 44.0 Å². The molecule has 1 aromatic carbocycles. The molecule has 0 bridgehead atoms. The van der Waals surface area contributed by atoms with Crippen LogP contribution in [0.15, 0.2) is 21.9 Å². The number of nitrogens with zero attached hydrogens (tertiary/aromatic N) is 3. The van der Waals surface area contributed by atoms with Gasteiger partial charge in [0.25, 0.3) is 11.5 Å². The predicted molar refractivity (Wildman–Crippen MR) is 113 cm³/mol. The van der Waals surface area contributed by atoms with Crippen molar-refractivity contribution in [3.8, 4) is 5.75 Å². The van der Waals surface area contributed by atoms with Gasteiger partial charge in [0.05, 0.1) is 23.9 Å². The topological polar surface area (TPSA) is 99.9 Å². The first-order valence-electron chi connectivity index (χ1n) is 10.2. The standard InChI is InChI=1S/C21H25ClN4O4/c1-13-20(29)24-21-23-19-14(11-26(13)21)9-16(10-17(19)22)30-12-18(28)25(7-8-27)15-5-3-2-4-6-15/h9-10,15,27H,1-8,11-12H2,(H,23,24,29). The number of benzene rings is 1. The van der Waals surface area contributed by atoms with Crippen molar-refractivity contribution in [2.75, 3.05) is 19.8 Å². The Morgan fingerprint density at radius 3 is 2.87 bits per heavy atom. The molecule has 1 aromatic heterocycles. The number of aliphatic hydroxyl groups excluding tert-OH is 1. The molecule has 2 heterocycles. The average Bonchev–Trinajstić information content (AvgIpc) is 3.03. The van der Waals surface area contributed by atoms with E-state index in [0.717, 1.165) is 31.2 Å². The Morgan fingerprint density at radius 1 is 1.37 bits per heavy atom. The number of ether oxygens (including phenoxy) is 1. The fourth-order valence-corrected chi connectivity index (χ4v) is 4.49. The number of rotatable bonds is 6. The van der Waals surface area contributed by atoms with E-state index in [-0.39, 0.29) is 30.7 Å². The summed E-state index contributed by atoms with van der Waals surface area (Å²) in [5.41, 5.74) is 1.48. The van der Waals surface area contributed by atoms with Gasteiger partial charge in [-0.1, -0.05) is 37.4 Å². The number of H-pyrrole nitrogens is 1. The summed E-state index contributed by atoms with van der Waals surface area (Å²) in [7, 11) is 0. The van der Waals surface area contributed by atoms with E-state index in [9.17, 15) is 14.7 Å². The molecule has 1 fully saturated rings. The quantitative estimate of drug-likeness (QED) is 0.608. The molecule has 0 atom stereocenters. The van der Waals surface area contributed by atoms with Crippen molar-refractivity contribution >= 4 is 29.8 Å². The minimum absolute atomic E-state index is 0.0697. The molecule has 2 aliphatic rings. The van der Waals surface area contributed by atoms with Crippen LogP contribution in [0, 0.1) is 0 Å².